The predicted molar refractivity (Wildman–Crippen MR) is 161 cm³/mol. The van der Waals surface area contributed by atoms with E-state index in [1.807, 2.05) is 24.3 Å². The van der Waals surface area contributed by atoms with E-state index in [9.17, 15) is 24.3 Å². The van der Waals surface area contributed by atoms with Crippen molar-refractivity contribution in [1.29, 1.82) is 0 Å². The summed E-state index contributed by atoms with van der Waals surface area (Å²) in [5, 5.41) is 18.5. The molecule has 0 radical (unpaired) electrons. The number of H-pyrrole nitrogens is 1. The lowest BCUT2D eigenvalue weighted by molar-refractivity contribution is -0.142. The number of hydrogen-bond acceptors (Lipinski definition) is 7. The van der Waals surface area contributed by atoms with Crippen LogP contribution in [0.25, 0.3) is 10.9 Å². The van der Waals surface area contributed by atoms with Crippen molar-refractivity contribution < 1.29 is 24.3 Å². The first-order valence-corrected chi connectivity index (χ1v) is 14.1. The molecule has 1 aromatic carbocycles. The number of hydrogen-bond donors (Lipinski definition) is 9. The minimum Gasteiger partial charge on any atom is -0.480 e. The minimum absolute atomic E-state index is 0.0860. The number of nitrogens with zero attached hydrogens (tertiary/aromatic N) is 1. The minimum atomic E-state index is -1.22. The van der Waals surface area contributed by atoms with Gasteiger partial charge >= 0.3 is 5.97 Å². The van der Waals surface area contributed by atoms with Crippen LogP contribution in [0.15, 0.2) is 35.5 Å². The largest absolute Gasteiger partial charge is 0.480 e. The molecule has 2 rings (SSSR count). The Hall–Kier alpha value is -4.17. The highest BCUT2D eigenvalue weighted by molar-refractivity contribution is 5.94. The summed E-state index contributed by atoms with van der Waals surface area (Å²) >= 11 is 0. The zero-order valence-corrected chi connectivity index (χ0v) is 24.3. The molecule has 4 atom stereocenters. The second-order valence-electron chi connectivity index (χ2n) is 10.6. The number of nitrogens with two attached hydrogens (primary N) is 4. The molecule has 0 saturated carbocycles. The first kappa shape index (κ1) is 34.0. The van der Waals surface area contributed by atoms with Gasteiger partial charge in [-0.2, -0.15) is 0 Å². The summed E-state index contributed by atoms with van der Waals surface area (Å²) in [6.45, 7) is 4.06. The highest BCUT2D eigenvalue weighted by Gasteiger charge is 2.31. The number of aliphatic carboxylic acids is 1. The van der Waals surface area contributed by atoms with E-state index in [0.717, 1.165) is 16.5 Å². The second-order valence-corrected chi connectivity index (χ2v) is 10.6. The van der Waals surface area contributed by atoms with Gasteiger partial charge in [-0.25, -0.2) is 4.79 Å². The van der Waals surface area contributed by atoms with Crippen LogP contribution in [0.5, 0.6) is 0 Å². The number of rotatable bonds is 18. The van der Waals surface area contributed by atoms with Gasteiger partial charge in [0.05, 0.1) is 6.04 Å². The van der Waals surface area contributed by atoms with E-state index >= 15 is 0 Å². The summed E-state index contributed by atoms with van der Waals surface area (Å²) in [7, 11) is 0. The predicted octanol–water partition coefficient (Wildman–Crippen LogP) is -0.585. The molecule has 1 heterocycles. The van der Waals surface area contributed by atoms with Gasteiger partial charge in [0, 0.05) is 23.6 Å². The average molecular weight is 588 g/mol. The summed E-state index contributed by atoms with van der Waals surface area (Å²) in [4.78, 5) is 58.2. The molecule has 0 bridgehead atoms. The first-order chi connectivity index (χ1) is 19.9. The van der Waals surface area contributed by atoms with Gasteiger partial charge in [-0.15, -0.1) is 0 Å². The van der Waals surface area contributed by atoms with Crippen LogP contribution in [0.3, 0.4) is 0 Å². The highest BCUT2D eigenvalue weighted by atomic mass is 16.4. The number of carbonyl (C=O) groups is 4. The number of aliphatic imine (C=N–C) groups is 1. The standard InChI is InChI=1S/C28H45N9O5/c1-16(2)23(26(40)36-22(27(41)42)11-7-13-33-28(31)32)37-25(39)21(10-5-6-12-29)35-24(38)19(30)14-17-15-34-20-9-4-3-8-18(17)20/h3-4,8-9,15-16,19,21-23,34H,5-7,10-14,29-30H2,1-2H3,(H,35,38)(H,36,40)(H,37,39)(H,41,42)(H4,31,32,33). The van der Waals surface area contributed by atoms with E-state index < -0.39 is 47.9 Å². The van der Waals surface area contributed by atoms with Gasteiger partial charge in [-0.3, -0.25) is 19.4 Å². The molecule has 42 heavy (non-hydrogen) atoms. The quantitative estimate of drug-likeness (QED) is 0.0613. The number of amides is 3. The van der Waals surface area contributed by atoms with E-state index in [4.69, 9.17) is 22.9 Å². The number of aromatic amines is 1. The number of carboxylic acids is 1. The van der Waals surface area contributed by atoms with Crippen LogP contribution in [0, 0.1) is 5.92 Å². The van der Waals surface area contributed by atoms with E-state index in [-0.39, 0.29) is 37.7 Å². The number of carbonyl (C=O) groups excluding carboxylic acids is 3. The zero-order valence-electron chi connectivity index (χ0n) is 24.3. The topological polar surface area (TPSA) is 257 Å². The second kappa shape index (κ2) is 16.9. The number of benzene rings is 1. The maximum atomic E-state index is 13.4. The maximum Gasteiger partial charge on any atom is 0.326 e. The fraction of sp³-hybridized carbons (Fsp3) is 0.536. The summed E-state index contributed by atoms with van der Waals surface area (Å²) in [5.74, 6) is -3.46. The van der Waals surface area contributed by atoms with Crippen LogP contribution in [0.2, 0.25) is 0 Å². The highest BCUT2D eigenvalue weighted by Crippen LogP contribution is 2.19. The van der Waals surface area contributed by atoms with Crippen molar-refractivity contribution in [3.05, 3.63) is 36.0 Å². The lowest BCUT2D eigenvalue weighted by Gasteiger charge is -2.27. The Labute approximate surface area is 245 Å². The Balaban J connectivity index is 2.08. The van der Waals surface area contributed by atoms with Gasteiger partial charge < -0.3 is 49.0 Å². The number of guanidine groups is 1. The van der Waals surface area contributed by atoms with E-state index in [1.54, 1.807) is 20.0 Å². The van der Waals surface area contributed by atoms with E-state index in [2.05, 4.69) is 25.9 Å². The molecule has 0 aliphatic rings. The van der Waals surface area contributed by atoms with Gasteiger partial charge in [-0.05, 0) is 62.6 Å². The SMILES string of the molecule is CC(C)C(NC(=O)C(CCCCN)NC(=O)C(N)Cc1c[nH]c2ccccc12)C(=O)NC(CCCN=C(N)N)C(=O)O. The van der Waals surface area contributed by atoms with Crippen molar-refractivity contribution >= 4 is 40.6 Å². The molecule has 2 aromatic rings. The Morgan fingerprint density at radius 2 is 1.60 bits per heavy atom. The fourth-order valence-corrected chi connectivity index (χ4v) is 4.48. The molecule has 3 amide bonds. The van der Waals surface area contributed by atoms with Crippen LogP contribution in [0.1, 0.15) is 51.5 Å². The zero-order chi connectivity index (χ0) is 31.2. The van der Waals surface area contributed by atoms with Gasteiger partial charge in [-0.1, -0.05) is 32.0 Å². The van der Waals surface area contributed by atoms with Crippen molar-refractivity contribution in [2.24, 2.45) is 33.8 Å². The molecule has 0 aliphatic carbocycles. The maximum absolute atomic E-state index is 13.4. The molecule has 0 fully saturated rings. The Kier molecular flexibility index (Phi) is 13.7. The van der Waals surface area contributed by atoms with E-state index in [1.165, 1.54) is 0 Å². The fourth-order valence-electron chi connectivity index (χ4n) is 4.48. The third kappa shape index (κ3) is 10.7. The summed E-state index contributed by atoms with van der Waals surface area (Å²) in [6.07, 6.45) is 3.94. The number of nitrogens with one attached hydrogen (secondary N) is 4. The summed E-state index contributed by atoms with van der Waals surface area (Å²) in [6, 6.07) is 3.52. The normalized spacial score (nSPS) is 14.0. The van der Waals surface area contributed by atoms with Crippen LogP contribution in [-0.4, -0.2) is 77.0 Å². The van der Waals surface area contributed by atoms with Crippen molar-refractivity contribution in [2.75, 3.05) is 13.1 Å². The van der Waals surface area contributed by atoms with Crippen molar-refractivity contribution in [3.63, 3.8) is 0 Å². The molecule has 1 aromatic heterocycles. The molecule has 232 valence electrons. The van der Waals surface area contributed by atoms with Crippen molar-refractivity contribution in [3.8, 4) is 0 Å². The number of aromatic nitrogens is 1. The smallest absolute Gasteiger partial charge is 0.326 e. The third-order valence-electron chi connectivity index (χ3n) is 6.84. The van der Waals surface area contributed by atoms with Gasteiger partial charge in [0.25, 0.3) is 0 Å². The Morgan fingerprint density at radius 1 is 0.929 bits per heavy atom. The van der Waals surface area contributed by atoms with E-state index in [0.29, 0.717) is 25.8 Å². The molecule has 14 heteroatoms. The Morgan fingerprint density at radius 3 is 2.24 bits per heavy atom. The molecule has 0 aliphatic heterocycles. The molecule has 4 unspecified atom stereocenters. The molecule has 13 N–H and O–H groups in total. The van der Waals surface area contributed by atoms with Crippen molar-refractivity contribution in [2.45, 2.75) is 76.5 Å². The van der Waals surface area contributed by atoms with Crippen molar-refractivity contribution in [1.82, 2.24) is 20.9 Å². The average Bonchev–Trinajstić information content (AvgIpc) is 3.34. The number of unbranched alkanes of at least 4 members (excludes halogenated alkanes) is 1. The molecule has 0 spiro atoms. The van der Waals surface area contributed by atoms with Crippen LogP contribution in [-0.2, 0) is 25.6 Å². The van der Waals surface area contributed by atoms with Gasteiger partial charge in [0.2, 0.25) is 17.7 Å². The first-order valence-electron chi connectivity index (χ1n) is 14.1. The monoisotopic (exact) mass is 587 g/mol. The lowest BCUT2D eigenvalue weighted by Crippen LogP contribution is -2.58. The summed E-state index contributed by atoms with van der Waals surface area (Å²) in [5.41, 5.74) is 24.2. The van der Waals surface area contributed by atoms with Crippen LogP contribution in [0.4, 0.5) is 0 Å². The summed E-state index contributed by atoms with van der Waals surface area (Å²) < 4.78 is 0. The lowest BCUT2D eigenvalue weighted by atomic mass is 10.0. The molecular formula is C28H45N9O5. The Bertz CT molecular complexity index is 1230. The van der Waals surface area contributed by atoms with Crippen LogP contribution >= 0.6 is 0 Å². The molecule has 14 nitrogen and oxygen atoms in total. The van der Waals surface area contributed by atoms with Gasteiger partial charge in [0.15, 0.2) is 5.96 Å². The third-order valence-corrected chi connectivity index (χ3v) is 6.84. The molecule has 0 saturated heterocycles. The number of para-hydroxylation sites is 1. The number of carboxylic acid groups (broad SMARTS) is 1. The number of fused-ring (bicyclic) bond motifs is 1. The molecular weight excluding hydrogens is 542 g/mol. The van der Waals surface area contributed by atoms with Gasteiger partial charge in [0.1, 0.15) is 18.1 Å². The van der Waals surface area contributed by atoms with Crippen LogP contribution < -0.4 is 38.9 Å².